The Morgan fingerprint density at radius 3 is 2.55 bits per heavy atom. The Labute approximate surface area is 274 Å². The van der Waals surface area contributed by atoms with Crippen LogP contribution in [0.3, 0.4) is 0 Å². The lowest BCUT2D eigenvalue weighted by atomic mass is 9.86. The van der Waals surface area contributed by atoms with E-state index < -0.39 is 33.2 Å². The van der Waals surface area contributed by atoms with Crippen molar-refractivity contribution in [1.29, 1.82) is 0 Å². The smallest absolute Gasteiger partial charge is 0.380 e. The zero-order valence-electron chi connectivity index (χ0n) is 25.7. The SMILES string of the molecule is CC1(CN2CCc3cc(Nc4ncc(C(F)(F)F)c(-c5cc6c(s5)C(=O)N(C5COC5)CCS6(=O)=O)n4)c(C4CC4)cc3C2)COC1. The van der Waals surface area contributed by atoms with Crippen LogP contribution < -0.4 is 5.32 Å². The molecule has 0 unspecified atom stereocenters. The average Bonchev–Trinajstić information content (AvgIpc) is 3.73. The van der Waals surface area contributed by atoms with Crippen molar-refractivity contribution in [3.63, 3.8) is 0 Å². The fourth-order valence-corrected chi connectivity index (χ4v) is 9.80. The number of carbonyl (C=O) groups excluding carboxylic acids is 1. The zero-order valence-corrected chi connectivity index (χ0v) is 27.4. The fourth-order valence-electron chi connectivity index (χ4n) is 6.88. The molecule has 1 aliphatic carbocycles. The predicted octanol–water partition coefficient (Wildman–Crippen LogP) is 4.87. The number of fused-ring (bicyclic) bond motifs is 2. The highest BCUT2D eigenvalue weighted by Gasteiger charge is 2.41. The van der Waals surface area contributed by atoms with Gasteiger partial charge in [-0.05, 0) is 54.0 Å². The van der Waals surface area contributed by atoms with Gasteiger partial charge in [0, 0.05) is 43.5 Å². The van der Waals surface area contributed by atoms with Gasteiger partial charge in [0.2, 0.25) is 5.95 Å². The highest BCUT2D eigenvalue weighted by atomic mass is 32.2. The highest BCUT2D eigenvalue weighted by Crippen LogP contribution is 2.47. The molecule has 0 atom stereocenters. The summed E-state index contributed by atoms with van der Waals surface area (Å²) >= 11 is 0.718. The summed E-state index contributed by atoms with van der Waals surface area (Å²) in [5.41, 5.74) is 2.91. The third-order valence-corrected chi connectivity index (χ3v) is 12.7. The van der Waals surface area contributed by atoms with Gasteiger partial charge in [0.05, 0.1) is 53.7 Å². The predicted molar refractivity (Wildman–Crippen MR) is 168 cm³/mol. The van der Waals surface area contributed by atoms with E-state index in [4.69, 9.17) is 9.47 Å². The lowest BCUT2D eigenvalue weighted by Gasteiger charge is -2.43. The van der Waals surface area contributed by atoms with E-state index in [1.54, 1.807) is 0 Å². The Kier molecular flexibility index (Phi) is 7.44. The molecule has 250 valence electrons. The second kappa shape index (κ2) is 11.2. The number of nitrogens with one attached hydrogen (secondary N) is 1. The van der Waals surface area contributed by atoms with Crippen LogP contribution in [0.25, 0.3) is 10.6 Å². The highest BCUT2D eigenvalue weighted by molar-refractivity contribution is 7.91. The standard InChI is InChI=1S/C32H34F3N5O5S2/c1-31(16-45-17-31)15-39-5-4-19-9-24(22(18-2-3-18)8-20(19)12-39)37-30-36-11-23(32(33,34)35)27(38-30)25-10-26-28(46-25)29(41)40(21-13-44-14-21)6-7-47(26,42)43/h8-11,18,21H,2-7,12-17H2,1H3,(H,36,37,38). The van der Waals surface area contributed by atoms with E-state index in [0.717, 1.165) is 87.0 Å². The van der Waals surface area contributed by atoms with Gasteiger partial charge in [0.1, 0.15) is 10.4 Å². The monoisotopic (exact) mass is 689 g/mol. The van der Waals surface area contributed by atoms with E-state index in [0.29, 0.717) is 5.92 Å². The molecule has 8 rings (SSSR count). The molecular weight excluding hydrogens is 656 g/mol. The van der Waals surface area contributed by atoms with Gasteiger partial charge in [-0.3, -0.25) is 9.69 Å². The van der Waals surface area contributed by atoms with Crippen molar-refractivity contribution in [1.82, 2.24) is 19.8 Å². The first-order chi connectivity index (χ1) is 22.4. The molecule has 0 radical (unpaired) electrons. The van der Waals surface area contributed by atoms with E-state index in [1.165, 1.54) is 16.0 Å². The molecule has 2 saturated heterocycles. The van der Waals surface area contributed by atoms with E-state index in [-0.39, 0.29) is 57.6 Å². The first kappa shape index (κ1) is 31.2. The number of hydrogen-bond donors (Lipinski definition) is 1. The topological polar surface area (TPSA) is 114 Å². The van der Waals surface area contributed by atoms with Crippen LogP contribution in [-0.2, 0) is 38.5 Å². The normalized spacial score (nSPS) is 22.6. The molecule has 5 aliphatic rings. The molecular formula is C32H34F3N5O5S2. The van der Waals surface area contributed by atoms with Crippen LogP contribution >= 0.6 is 11.3 Å². The summed E-state index contributed by atoms with van der Waals surface area (Å²) in [6.07, 6.45) is -1.19. The minimum atomic E-state index is -4.81. The van der Waals surface area contributed by atoms with Crippen molar-refractivity contribution in [3.05, 3.63) is 51.5 Å². The number of rotatable bonds is 7. The molecule has 1 amide bonds. The van der Waals surface area contributed by atoms with E-state index in [2.05, 4.69) is 39.2 Å². The van der Waals surface area contributed by atoms with Crippen LogP contribution in [0, 0.1) is 5.41 Å². The van der Waals surface area contributed by atoms with Crippen molar-refractivity contribution in [2.75, 3.05) is 57.1 Å². The third-order valence-electron chi connectivity index (χ3n) is 9.71. The van der Waals surface area contributed by atoms with Gasteiger partial charge >= 0.3 is 6.18 Å². The number of ether oxygens (including phenoxy) is 2. The number of benzene rings is 1. The summed E-state index contributed by atoms with van der Waals surface area (Å²) < 4.78 is 80.0. The minimum Gasteiger partial charge on any atom is -0.380 e. The molecule has 15 heteroatoms. The number of carbonyl (C=O) groups is 1. The number of sulfone groups is 1. The summed E-state index contributed by atoms with van der Waals surface area (Å²) in [5, 5.41) is 3.21. The number of hydrogen-bond acceptors (Lipinski definition) is 10. The second-order valence-electron chi connectivity index (χ2n) is 13.6. The summed E-state index contributed by atoms with van der Waals surface area (Å²) in [6.45, 7) is 7.08. The molecule has 47 heavy (non-hydrogen) atoms. The molecule has 2 aromatic heterocycles. The summed E-state index contributed by atoms with van der Waals surface area (Å²) in [4.78, 5) is 25.3. The Balaban J connectivity index is 1.13. The number of aromatic nitrogens is 2. The molecule has 0 spiro atoms. The van der Waals surface area contributed by atoms with Crippen molar-refractivity contribution >= 4 is 38.7 Å². The molecule has 1 aromatic carbocycles. The Morgan fingerprint density at radius 2 is 1.89 bits per heavy atom. The number of amides is 1. The largest absolute Gasteiger partial charge is 0.420 e. The number of nitrogens with zero attached hydrogens (tertiary/aromatic N) is 4. The maximum Gasteiger partial charge on any atom is 0.420 e. The van der Waals surface area contributed by atoms with Crippen molar-refractivity contribution in [2.24, 2.45) is 5.41 Å². The Hall–Kier alpha value is -3.11. The van der Waals surface area contributed by atoms with Crippen LogP contribution in [0.1, 0.15) is 57.6 Å². The number of thiophene rings is 1. The molecule has 0 bridgehead atoms. The first-order valence-corrected chi connectivity index (χ1v) is 18.3. The van der Waals surface area contributed by atoms with Crippen molar-refractivity contribution in [3.8, 4) is 10.6 Å². The van der Waals surface area contributed by atoms with Crippen LogP contribution in [0.2, 0.25) is 0 Å². The molecule has 3 fully saturated rings. The zero-order chi connectivity index (χ0) is 32.7. The van der Waals surface area contributed by atoms with E-state index in [9.17, 15) is 26.4 Å². The van der Waals surface area contributed by atoms with Gasteiger partial charge < -0.3 is 19.7 Å². The molecule has 6 heterocycles. The Morgan fingerprint density at radius 1 is 1.11 bits per heavy atom. The lowest BCUT2D eigenvalue weighted by Crippen LogP contribution is -2.52. The minimum absolute atomic E-state index is 0.00220. The number of alkyl halides is 3. The van der Waals surface area contributed by atoms with E-state index in [1.807, 2.05) is 0 Å². The maximum atomic E-state index is 14.3. The van der Waals surface area contributed by atoms with Gasteiger partial charge in [0.15, 0.2) is 9.84 Å². The molecule has 10 nitrogen and oxygen atoms in total. The summed E-state index contributed by atoms with van der Waals surface area (Å²) in [7, 11) is -3.93. The van der Waals surface area contributed by atoms with Gasteiger partial charge in [-0.15, -0.1) is 11.3 Å². The average molecular weight is 690 g/mol. The lowest BCUT2D eigenvalue weighted by molar-refractivity contribution is -0.137. The van der Waals surface area contributed by atoms with Crippen LogP contribution in [0.4, 0.5) is 24.8 Å². The molecule has 1 N–H and O–H groups in total. The summed E-state index contributed by atoms with van der Waals surface area (Å²) in [5.74, 6) is -0.535. The van der Waals surface area contributed by atoms with Gasteiger partial charge in [-0.1, -0.05) is 13.0 Å². The molecule has 3 aromatic rings. The van der Waals surface area contributed by atoms with Crippen LogP contribution in [0.15, 0.2) is 29.3 Å². The Bertz CT molecular complexity index is 1870. The second-order valence-corrected chi connectivity index (χ2v) is 16.8. The van der Waals surface area contributed by atoms with Gasteiger partial charge in [0.25, 0.3) is 5.91 Å². The van der Waals surface area contributed by atoms with E-state index >= 15 is 0 Å². The number of anilines is 2. The molecule has 1 saturated carbocycles. The molecule has 4 aliphatic heterocycles. The fraction of sp³-hybridized carbons (Fsp3) is 0.531. The maximum absolute atomic E-state index is 14.3. The summed E-state index contributed by atoms with van der Waals surface area (Å²) in [6, 6.07) is 5.19. The van der Waals surface area contributed by atoms with Crippen LogP contribution in [-0.4, -0.2) is 91.9 Å². The quantitative estimate of drug-likeness (QED) is 0.372. The first-order valence-electron chi connectivity index (χ1n) is 15.8. The third kappa shape index (κ3) is 5.83. The van der Waals surface area contributed by atoms with Crippen molar-refractivity contribution < 1.29 is 35.9 Å². The van der Waals surface area contributed by atoms with Crippen LogP contribution in [0.5, 0.6) is 0 Å². The number of halogens is 3. The van der Waals surface area contributed by atoms with Gasteiger partial charge in [-0.2, -0.15) is 13.2 Å². The van der Waals surface area contributed by atoms with Crippen molar-refractivity contribution in [2.45, 2.75) is 55.8 Å². The van der Waals surface area contributed by atoms with Gasteiger partial charge in [-0.25, -0.2) is 18.4 Å².